The van der Waals surface area contributed by atoms with E-state index in [1.165, 1.54) is 21.6 Å². The zero-order valence-corrected chi connectivity index (χ0v) is 20.1. The molecule has 0 saturated carbocycles. The fourth-order valence-electron chi connectivity index (χ4n) is 3.50. The zero-order valence-electron chi connectivity index (χ0n) is 18.4. The Morgan fingerprint density at radius 2 is 1.88 bits per heavy atom. The van der Waals surface area contributed by atoms with E-state index in [4.69, 9.17) is 4.42 Å². The molecule has 0 N–H and O–H groups in total. The second kappa shape index (κ2) is 9.05. The predicted molar refractivity (Wildman–Crippen MR) is 124 cm³/mol. The van der Waals surface area contributed by atoms with Crippen LogP contribution in [0.5, 0.6) is 0 Å². The Hall–Kier alpha value is -2.69. The molecule has 3 heterocycles. The second-order valence-corrected chi connectivity index (χ2v) is 10.3. The van der Waals surface area contributed by atoms with Gasteiger partial charge in [0, 0.05) is 30.6 Å². The topological polar surface area (TPSA) is 93.6 Å². The third kappa shape index (κ3) is 4.30. The standard InChI is InChI=1S/C22H25N5O3S2/c1-5-26(6-2)32(28,29)18-8-10-20-24-25-22(27(20)12-18)31-14-17-13-30-21(23-17)19-9-7-15(3)11-16(19)4/h7-13H,5-6,14H2,1-4H3. The number of benzene rings is 1. The van der Waals surface area contributed by atoms with Gasteiger partial charge in [0.1, 0.15) is 6.26 Å². The van der Waals surface area contributed by atoms with Gasteiger partial charge in [-0.2, -0.15) is 4.31 Å². The largest absolute Gasteiger partial charge is 0.444 e. The van der Waals surface area contributed by atoms with Crippen molar-refractivity contribution in [3.05, 3.63) is 59.6 Å². The maximum Gasteiger partial charge on any atom is 0.244 e. The fourth-order valence-corrected chi connectivity index (χ4v) is 5.75. The quantitative estimate of drug-likeness (QED) is 0.353. The van der Waals surface area contributed by atoms with Gasteiger partial charge < -0.3 is 4.42 Å². The number of nitrogens with zero attached hydrogens (tertiary/aromatic N) is 5. The summed E-state index contributed by atoms with van der Waals surface area (Å²) in [5.41, 5.74) is 4.62. The minimum absolute atomic E-state index is 0.217. The SMILES string of the molecule is CCN(CC)S(=O)(=O)c1ccc2nnc(SCc3coc(-c4ccc(C)cc4C)n3)n2c1. The predicted octanol–water partition coefficient (Wildman–Crippen LogP) is 4.32. The van der Waals surface area contributed by atoms with Gasteiger partial charge in [0.15, 0.2) is 10.8 Å². The van der Waals surface area contributed by atoms with Crippen molar-refractivity contribution in [1.82, 2.24) is 23.9 Å². The molecule has 0 aliphatic heterocycles. The smallest absolute Gasteiger partial charge is 0.244 e. The molecule has 3 aromatic heterocycles. The Labute approximate surface area is 191 Å². The molecule has 0 radical (unpaired) electrons. The van der Waals surface area contributed by atoms with E-state index in [1.54, 1.807) is 29.0 Å². The number of aryl methyl sites for hydroxylation is 2. The number of fused-ring (bicyclic) bond motifs is 1. The van der Waals surface area contributed by atoms with Gasteiger partial charge in [0.25, 0.3) is 0 Å². The lowest BCUT2D eigenvalue weighted by atomic mass is 10.1. The molecular weight excluding hydrogens is 446 g/mol. The molecule has 4 aromatic rings. The molecule has 0 spiro atoms. The van der Waals surface area contributed by atoms with Crippen molar-refractivity contribution in [2.75, 3.05) is 13.1 Å². The van der Waals surface area contributed by atoms with E-state index in [0.29, 0.717) is 35.5 Å². The average molecular weight is 472 g/mol. The fraction of sp³-hybridized carbons (Fsp3) is 0.318. The molecule has 0 atom stereocenters. The summed E-state index contributed by atoms with van der Waals surface area (Å²) in [5, 5.41) is 8.96. The van der Waals surface area contributed by atoms with E-state index in [1.807, 2.05) is 32.9 Å². The molecule has 10 heteroatoms. The maximum absolute atomic E-state index is 12.9. The lowest BCUT2D eigenvalue weighted by Crippen LogP contribution is -2.30. The molecule has 168 valence electrons. The number of thioether (sulfide) groups is 1. The summed E-state index contributed by atoms with van der Waals surface area (Å²) in [7, 11) is -3.57. The van der Waals surface area contributed by atoms with Crippen molar-refractivity contribution in [1.29, 1.82) is 0 Å². The molecule has 0 aliphatic rings. The van der Waals surface area contributed by atoms with Gasteiger partial charge in [-0.05, 0) is 37.6 Å². The Kier molecular flexibility index (Phi) is 6.36. The Morgan fingerprint density at radius 3 is 2.59 bits per heavy atom. The van der Waals surface area contributed by atoms with Gasteiger partial charge >= 0.3 is 0 Å². The summed E-state index contributed by atoms with van der Waals surface area (Å²) in [5.74, 6) is 1.10. The van der Waals surface area contributed by atoms with Crippen LogP contribution in [0.4, 0.5) is 0 Å². The summed E-state index contributed by atoms with van der Waals surface area (Å²) in [6, 6.07) is 9.38. The number of hydrogen-bond donors (Lipinski definition) is 0. The van der Waals surface area contributed by atoms with E-state index in [0.717, 1.165) is 16.8 Å². The molecule has 0 bridgehead atoms. The molecule has 4 rings (SSSR count). The first-order chi connectivity index (χ1) is 15.3. The molecule has 0 unspecified atom stereocenters. The van der Waals surface area contributed by atoms with Crippen LogP contribution in [0, 0.1) is 13.8 Å². The number of hydrogen-bond acceptors (Lipinski definition) is 7. The highest BCUT2D eigenvalue weighted by atomic mass is 32.2. The molecule has 1 aromatic carbocycles. The van der Waals surface area contributed by atoms with Gasteiger partial charge in [-0.1, -0.05) is 43.3 Å². The Bertz CT molecular complexity index is 1360. The third-order valence-corrected chi connectivity index (χ3v) is 8.21. The zero-order chi connectivity index (χ0) is 22.9. The number of rotatable bonds is 8. The van der Waals surface area contributed by atoms with E-state index in [2.05, 4.69) is 28.2 Å². The highest BCUT2D eigenvalue weighted by molar-refractivity contribution is 7.98. The lowest BCUT2D eigenvalue weighted by molar-refractivity contribution is 0.445. The number of oxazole rings is 1. The minimum Gasteiger partial charge on any atom is -0.444 e. The first kappa shape index (κ1) is 22.5. The summed E-state index contributed by atoms with van der Waals surface area (Å²) < 4.78 is 34.6. The van der Waals surface area contributed by atoms with Crippen LogP contribution >= 0.6 is 11.8 Å². The van der Waals surface area contributed by atoms with Crippen molar-refractivity contribution in [3.63, 3.8) is 0 Å². The summed E-state index contributed by atoms with van der Waals surface area (Å²) in [6.45, 7) is 8.56. The summed E-state index contributed by atoms with van der Waals surface area (Å²) >= 11 is 1.42. The molecule has 0 saturated heterocycles. The third-order valence-electron chi connectivity index (χ3n) is 5.20. The van der Waals surface area contributed by atoms with Crippen LogP contribution in [-0.2, 0) is 15.8 Å². The van der Waals surface area contributed by atoms with Crippen LogP contribution in [-0.4, -0.2) is 45.4 Å². The number of aromatic nitrogens is 4. The van der Waals surface area contributed by atoms with Crippen molar-refractivity contribution >= 4 is 27.4 Å². The van der Waals surface area contributed by atoms with Gasteiger partial charge in [0.2, 0.25) is 15.9 Å². The number of sulfonamides is 1. The second-order valence-electron chi connectivity index (χ2n) is 7.42. The van der Waals surface area contributed by atoms with Crippen LogP contribution in [0.1, 0.15) is 30.7 Å². The van der Waals surface area contributed by atoms with Gasteiger partial charge in [-0.3, -0.25) is 4.40 Å². The first-order valence-corrected chi connectivity index (χ1v) is 12.8. The molecule has 0 fully saturated rings. The normalized spacial score (nSPS) is 12.2. The Morgan fingerprint density at radius 1 is 1.09 bits per heavy atom. The van der Waals surface area contributed by atoms with Crippen LogP contribution in [0.2, 0.25) is 0 Å². The van der Waals surface area contributed by atoms with E-state index >= 15 is 0 Å². The van der Waals surface area contributed by atoms with Crippen LogP contribution in [0.15, 0.2) is 57.3 Å². The van der Waals surface area contributed by atoms with E-state index < -0.39 is 10.0 Å². The summed E-state index contributed by atoms with van der Waals surface area (Å²) in [6.07, 6.45) is 3.22. The molecule has 0 aliphatic carbocycles. The molecule has 0 amide bonds. The lowest BCUT2D eigenvalue weighted by Gasteiger charge is -2.18. The van der Waals surface area contributed by atoms with E-state index in [-0.39, 0.29) is 4.90 Å². The van der Waals surface area contributed by atoms with Crippen LogP contribution < -0.4 is 0 Å². The van der Waals surface area contributed by atoms with Gasteiger partial charge in [-0.15, -0.1) is 10.2 Å². The van der Waals surface area contributed by atoms with Crippen molar-refractivity contribution < 1.29 is 12.8 Å². The highest BCUT2D eigenvalue weighted by Gasteiger charge is 2.23. The van der Waals surface area contributed by atoms with Crippen molar-refractivity contribution in [2.45, 2.75) is 43.5 Å². The van der Waals surface area contributed by atoms with Gasteiger partial charge in [-0.25, -0.2) is 13.4 Å². The Balaban J connectivity index is 1.56. The van der Waals surface area contributed by atoms with E-state index in [9.17, 15) is 8.42 Å². The van der Waals surface area contributed by atoms with Crippen molar-refractivity contribution in [2.24, 2.45) is 0 Å². The average Bonchev–Trinajstić information content (AvgIpc) is 3.39. The molecule has 8 nitrogen and oxygen atoms in total. The van der Waals surface area contributed by atoms with Crippen LogP contribution in [0.25, 0.3) is 17.1 Å². The van der Waals surface area contributed by atoms with Crippen LogP contribution in [0.3, 0.4) is 0 Å². The first-order valence-electron chi connectivity index (χ1n) is 10.3. The monoisotopic (exact) mass is 471 g/mol. The minimum atomic E-state index is -3.57. The number of pyridine rings is 1. The summed E-state index contributed by atoms with van der Waals surface area (Å²) in [4.78, 5) is 4.82. The molecule has 32 heavy (non-hydrogen) atoms. The maximum atomic E-state index is 12.9. The van der Waals surface area contributed by atoms with Crippen molar-refractivity contribution in [3.8, 4) is 11.5 Å². The molecular formula is C22H25N5O3S2. The van der Waals surface area contributed by atoms with Gasteiger partial charge in [0.05, 0.1) is 10.6 Å². The highest BCUT2D eigenvalue weighted by Crippen LogP contribution is 2.27.